The molecule has 0 saturated carbocycles. The van der Waals surface area contributed by atoms with Gasteiger partial charge in [0, 0.05) is 12.5 Å². The molecule has 0 unspecified atom stereocenters. The molecule has 21 heavy (non-hydrogen) atoms. The highest BCUT2D eigenvalue weighted by atomic mass is 16.4. The van der Waals surface area contributed by atoms with Crippen molar-refractivity contribution in [1.82, 2.24) is 0 Å². The molecule has 1 amide bonds. The van der Waals surface area contributed by atoms with Crippen LogP contribution < -0.4 is 5.32 Å². The molecule has 0 fully saturated rings. The van der Waals surface area contributed by atoms with Crippen molar-refractivity contribution in [3.8, 4) is 22.8 Å². The van der Waals surface area contributed by atoms with Gasteiger partial charge in [0.2, 0.25) is 23.3 Å². The molecule has 3 aromatic rings. The SMILES string of the molecule is CC(=O)Nc1oc(-c2cccc3ccccc23)c(O)c1O. The average molecular weight is 283 g/mol. The van der Waals surface area contributed by atoms with Crippen molar-refractivity contribution in [1.29, 1.82) is 0 Å². The van der Waals surface area contributed by atoms with Gasteiger partial charge in [-0.15, -0.1) is 0 Å². The van der Waals surface area contributed by atoms with Crippen molar-refractivity contribution < 1.29 is 19.4 Å². The van der Waals surface area contributed by atoms with Crippen molar-refractivity contribution in [3.63, 3.8) is 0 Å². The molecule has 5 heteroatoms. The van der Waals surface area contributed by atoms with Crippen LogP contribution in [0.5, 0.6) is 11.5 Å². The third-order valence-corrected chi connectivity index (χ3v) is 3.18. The maximum atomic E-state index is 11.1. The number of carbonyl (C=O) groups is 1. The van der Waals surface area contributed by atoms with Gasteiger partial charge in [-0.25, -0.2) is 0 Å². The molecule has 0 aliphatic heterocycles. The van der Waals surface area contributed by atoms with Crippen LogP contribution in [0, 0.1) is 0 Å². The number of rotatable bonds is 2. The summed E-state index contributed by atoms with van der Waals surface area (Å²) in [4.78, 5) is 11.1. The minimum Gasteiger partial charge on any atom is -0.502 e. The predicted octanol–water partition coefficient (Wildman–Crippen LogP) is 3.47. The van der Waals surface area contributed by atoms with Crippen molar-refractivity contribution in [3.05, 3.63) is 42.5 Å². The lowest BCUT2D eigenvalue weighted by Gasteiger charge is -2.04. The number of amides is 1. The zero-order chi connectivity index (χ0) is 15.0. The lowest BCUT2D eigenvalue weighted by Crippen LogP contribution is -2.04. The molecule has 0 aliphatic rings. The largest absolute Gasteiger partial charge is 0.502 e. The summed E-state index contributed by atoms with van der Waals surface area (Å²) in [7, 11) is 0. The van der Waals surface area contributed by atoms with Crippen molar-refractivity contribution >= 4 is 22.6 Å². The van der Waals surface area contributed by atoms with Gasteiger partial charge in [-0.3, -0.25) is 10.1 Å². The van der Waals surface area contributed by atoms with Crippen LogP contribution in [0.3, 0.4) is 0 Å². The van der Waals surface area contributed by atoms with Crippen LogP contribution in [-0.4, -0.2) is 16.1 Å². The van der Waals surface area contributed by atoms with E-state index in [9.17, 15) is 15.0 Å². The van der Waals surface area contributed by atoms with Gasteiger partial charge in [0.05, 0.1) is 0 Å². The zero-order valence-electron chi connectivity index (χ0n) is 11.3. The zero-order valence-corrected chi connectivity index (χ0v) is 11.3. The molecule has 0 atom stereocenters. The van der Waals surface area contributed by atoms with E-state index in [4.69, 9.17) is 4.42 Å². The number of hydrogen-bond donors (Lipinski definition) is 3. The predicted molar refractivity (Wildman–Crippen MR) is 79.3 cm³/mol. The van der Waals surface area contributed by atoms with E-state index in [-0.39, 0.29) is 11.6 Å². The molecule has 3 N–H and O–H groups in total. The molecule has 2 aromatic carbocycles. The van der Waals surface area contributed by atoms with Gasteiger partial charge < -0.3 is 14.6 Å². The number of aromatic hydroxyl groups is 2. The molecule has 1 aromatic heterocycles. The van der Waals surface area contributed by atoms with Crippen LogP contribution in [0.1, 0.15) is 6.92 Å². The van der Waals surface area contributed by atoms with Gasteiger partial charge in [-0.05, 0) is 10.8 Å². The molecule has 0 bridgehead atoms. The van der Waals surface area contributed by atoms with Gasteiger partial charge in [0.15, 0.2) is 5.76 Å². The maximum Gasteiger partial charge on any atom is 0.246 e. The number of carbonyl (C=O) groups excluding carboxylic acids is 1. The third-order valence-electron chi connectivity index (χ3n) is 3.18. The standard InChI is InChI=1S/C16H13NO4/c1-9(18)17-16-14(20)13(19)15(21-16)12-8-4-6-10-5-2-3-7-11(10)12/h2-8,19-20H,1H3,(H,17,18). The second kappa shape index (κ2) is 4.86. The van der Waals surface area contributed by atoms with Crippen LogP contribution >= 0.6 is 0 Å². The van der Waals surface area contributed by atoms with E-state index in [1.165, 1.54) is 6.92 Å². The fourth-order valence-electron chi connectivity index (χ4n) is 2.26. The van der Waals surface area contributed by atoms with Gasteiger partial charge in [0.1, 0.15) is 0 Å². The Balaban J connectivity index is 2.21. The Morgan fingerprint density at radius 3 is 2.52 bits per heavy atom. The Morgan fingerprint density at radius 2 is 1.76 bits per heavy atom. The van der Waals surface area contributed by atoms with Crippen LogP contribution in [0.2, 0.25) is 0 Å². The smallest absolute Gasteiger partial charge is 0.246 e. The Labute approximate surface area is 120 Å². The third kappa shape index (κ3) is 2.18. The molecule has 0 radical (unpaired) electrons. The summed E-state index contributed by atoms with van der Waals surface area (Å²) in [6.45, 7) is 1.29. The Morgan fingerprint density at radius 1 is 1.05 bits per heavy atom. The first-order chi connectivity index (χ1) is 10.1. The molecule has 1 heterocycles. The summed E-state index contributed by atoms with van der Waals surface area (Å²) in [5.74, 6) is -1.32. The minimum absolute atomic E-state index is 0.119. The van der Waals surface area contributed by atoms with Gasteiger partial charge >= 0.3 is 0 Å². The Bertz CT molecular complexity index is 830. The molecule has 5 nitrogen and oxygen atoms in total. The highest BCUT2D eigenvalue weighted by Gasteiger charge is 2.22. The number of furan rings is 1. The number of hydrogen-bond acceptors (Lipinski definition) is 4. The molecule has 3 rings (SSSR count). The summed E-state index contributed by atoms with van der Waals surface area (Å²) >= 11 is 0. The summed E-state index contributed by atoms with van der Waals surface area (Å²) in [6.07, 6.45) is 0. The van der Waals surface area contributed by atoms with Gasteiger partial charge in [-0.1, -0.05) is 42.5 Å². The molecule has 106 valence electrons. The molecular formula is C16H13NO4. The molecule has 0 saturated heterocycles. The Kier molecular flexibility index (Phi) is 3.02. The van der Waals surface area contributed by atoms with Crippen LogP contribution in [-0.2, 0) is 4.79 Å². The highest BCUT2D eigenvalue weighted by Crippen LogP contribution is 2.46. The summed E-state index contributed by atoms with van der Waals surface area (Å²) in [5.41, 5.74) is 0.637. The monoisotopic (exact) mass is 283 g/mol. The molecular weight excluding hydrogens is 270 g/mol. The second-order valence-corrected chi connectivity index (χ2v) is 4.67. The first kappa shape index (κ1) is 13.1. The fourth-order valence-corrected chi connectivity index (χ4v) is 2.26. The van der Waals surface area contributed by atoms with E-state index >= 15 is 0 Å². The minimum atomic E-state index is -0.479. The second-order valence-electron chi connectivity index (χ2n) is 4.67. The van der Waals surface area contributed by atoms with E-state index in [1.54, 1.807) is 6.07 Å². The average Bonchev–Trinajstić information content (AvgIpc) is 2.74. The highest BCUT2D eigenvalue weighted by molar-refractivity contribution is 5.98. The topological polar surface area (TPSA) is 82.7 Å². The van der Waals surface area contributed by atoms with Gasteiger partial charge in [0.25, 0.3) is 0 Å². The van der Waals surface area contributed by atoms with Gasteiger partial charge in [-0.2, -0.15) is 0 Å². The molecule has 0 spiro atoms. The molecule has 0 aliphatic carbocycles. The van der Waals surface area contributed by atoms with Crippen LogP contribution in [0.15, 0.2) is 46.9 Å². The number of benzene rings is 2. The summed E-state index contributed by atoms with van der Waals surface area (Å²) < 4.78 is 5.42. The number of fused-ring (bicyclic) bond motifs is 1. The fraction of sp³-hybridized carbons (Fsp3) is 0.0625. The first-order valence-corrected chi connectivity index (χ1v) is 6.38. The maximum absolute atomic E-state index is 11.1. The van der Waals surface area contributed by atoms with E-state index in [0.29, 0.717) is 5.56 Å². The van der Waals surface area contributed by atoms with E-state index in [0.717, 1.165) is 10.8 Å². The van der Waals surface area contributed by atoms with E-state index < -0.39 is 17.4 Å². The van der Waals surface area contributed by atoms with Crippen molar-refractivity contribution in [2.45, 2.75) is 6.92 Å². The van der Waals surface area contributed by atoms with Crippen LogP contribution in [0.25, 0.3) is 22.1 Å². The number of nitrogens with one attached hydrogen (secondary N) is 1. The van der Waals surface area contributed by atoms with E-state index in [1.807, 2.05) is 36.4 Å². The van der Waals surface area contributed by atoms with Crippen molar-refractivity contribution in [2.75, 3.05) is 5.32 Å². The quantitative estimate of drug-likeness (QED) is 0.672. The van der Waals surface area contributed by atoms with Crippen LogP contribution in [0.4, 0.5) is 5.88 Å². The lowest BCUT2D eigenvalue weighted by molar-refractivity contribution is -0.114. The lowest BCUT2D eigenvalue weighted by atomic mass is 10.0. The first-order valence-electron chi connectivity index (χ1n) is 6.38. The Hall–Kier alpha value is -2.95. The normalized spacial score (nSPS) is 10.7. The summed E-state index contributed by atoms with van der Waals surface area (Å²) in [5, 5.41) is 24.1. The summed E-state index contributed by atoms with van der Waals surface area (Å²) in [6, 6.07) is 13.2. The number of anilines is 1. The van der Waals surface area contributed by atoms with Crippen molar-refractivity contribution in [2.24, 2.45) is 0 Å². The van der Waals surface area contributed by atoms with E-state index in [2.05, 4.69) is 5.32 Å².